The van der Waals surface area contributed by atoms with Gasteiger partial charge in [-0.25, -0.2) is 4.39 Å². The number of rotatable bonds is 5. The van der Waals surface area contributed by atoms with Crippen LogP contribution >= 0.6 is 11.6 Å². The minimum Gasteiger partial charge on any atom is -0.379 e. The molecule has 2 unspecified atom stereocenters. The van der Waals surface area contributed by atoms with Crippen LogP contribution < -0.4 is 5.32 Å². The van der Waals surface area contributed by atoms with E-state index in [0.717, 1.165) is 6.54 Å². The predicted octanol–water partition coefficient (Wildman–Crippen LogP) is 2.06. The number of ether oxygens (including phenoxy) is 1. The number of carbonyl (C=O) groups is 1. The summed E-state index contributed by atoms with van der Waals surface area (Å²) in [6, 6.07) is 4.54. The van der Waals surface area contributed by atoms with E-state index in [9.17, 15) is 9.18 Å². The second-order valence-corrected chi connectivity index (χ2v) is 5.61. The molecule has 21 heavy (non-hydrogen) atoms. The van der Waals surface area contributed by atoms with E-state index >= 15 is 0 Å². The van der Waals surface area contributed by atoms with Gasteiger partial charge in [0.15, 0.2) is 0 Å². The van der Waals surface area contributed by atoms with Gasteiger partial charge in [0.2, 0.25) is 5.91 Å². The van der Waals surface area contributed by atoms with Gasteiger partial charge in [0, 0.05) is 30.2 Å². The summed E-state index contributed by atoms with van der Waals surface area (Å²) in [5, 5.41) is 3.58. The number of likely N-dealkylation sites (N-methyl/N-ethyl adjacent to an activating group) is 1. The summed E-state index contributed by atoms with van der Waals surface area (Å²) in [6.07, 6.45) is 0. The van der Waals surface area contributed by atoms with Crippen LogP contribution in [0.25, 0.3) is 0 Å². The molecule has 116 valence electrons. The van der Waals surface area contributed by atoms with E-state index in [4.69, 9.17) is 16.3 Å². The molecule has 1 N–H and O–H groups in total. The highest BCUT2D eigenvalue weighted by Crippen LogP contribution is 2.22. The molecule has 6 heteroatoms. The standard InChI is InChI=1S/C15H20ClFN2O2/c1-3-18-14-9-21-8-11(14)15(20)19(2)7-10-12(16)5-4-6-13(10)17/h4-6,11,14,18H,3,7-9H2,1-2H3. The Morgan fingerprint density at radius 3 is 2.95 bits per heavy atom. The maximum atomic E-state index is 13.8. The van der Waals surface area contributed by atoms with Crippen molar-refractivity contribution in [2.45, 2.75) is 19.5 Å². The van der Waals surface area contributed by atoms with Crippen molar-refractivity contribution in [3.05, 3.63) is 34.6 Å². The Morgan fingerprint density at radius 1 is 1.52 bits per heavy atom. The quantitative estimate of drug-likeness (QED) is 0.904. The molecule has 0 saturated carbocycles. The van der Waals surface area contributed by atoms with Crippen LogP contribution in [0.1, 0.15) is 12.5 Å². The first-order valence-corrected chi connectivity index (χ1v) is 7.41. The summed E-state index contributed by atoms with van der Waals surface area (Å²) < 4.78 is 19.2. The summed E-state index contributed by atoms with van der Waals surface area (Å²) in [6.45, 7) is 3.84. The van der Waals surface area contributed by atoms with Crippen molar-refractivity contribution in [2.75, 3.05) is 26.8 Å². The van der Waals surface area contributed by atoms with Crippen LogP contribution in [0.2, 0.25) is 5.02 Å². The molecule has 1 aliphatic heterocycles. The highest BCUT2D eigenvalue weighted by molar-refractivity contribution is 6.31. The van der Waals surface area contributed by atoms with Crippen molar-refractivity contribution in [1.29, 1.82) is 0 Å². The highest BCUT2D eigenvalue weighted by atomic mass is 35.5. The Morgan fingerprint density at radius 2 is 2.29 bits per heavy atom. The summed E-state index contributed by atoms with van der Waals surface area (Å²) >= 11 is 6.00. The van der Waals surface area contributed by atoms with Crippen molar-refractivity contribution in [1.82, 2.24) is 10.2 Å². The fourth-order valence-electron chi connectivity index (χ4n) is 2.54. The number of benzene rings is 1. The first-order chi connectivity index (χ1) is 10.0. The molecule has 1 aromatic carbocycles. The zero-order valence-corrected chi connectivity index (χ0v) is 13.0. The highest BCUT2D eigenvalue weighted by Gasteiger charge is 2.35. The van der Waals surface area contributed by atoms with Gasteiger partial charge in [-0.3, -0.25) is 4.79 Å². The average Bonchev–Trinajstić information content (AvgIpc) is 2.90. The Kier molecular flexibility index (Phi) is 5.56. The number of carbonyl (C=O) groups excluding carboxylic acids is 1. The van der Waals surface area contributed by atoms with Crippen LogP contribution in [0.4, 0.5) is 4.39 Å². The van der Waals surface area contributed by atoms with Crippen molar-refractivity contribution < 1.29 is 13.9 Å². The Labute approximate surface area is 129 Å². The molecule has 0 radical (unpaired) electrons. The third kappa shape index (κ3) is 3.73. The Bertz CT molecular complexity index is 492. The molecule has 0 spiro atoms. The molecular weight excluding hydrogens is 295 g/mol. The number of amides is 1. The number of nitrogens with one attached hydrogen (secondary N) is 1. The van der Waals surface area contributed by atoms with E-state index in [1.165, 1.54) is 11.0 Å². The van der Waals surface area contributed by atoms with E-state index in [0.29, 0.717) is 23.8 Å². The molecule has 1 aliphatic rings. The lowest BCUT2D eigenvalue weighted by Gasteiger charge is -2.24. The monoisotopic (exact) mass is 314 g/mol. The molecule has 1 amide bonds. The summed E-state index contributed by atoms with van der Waals surface area (Å²) in [5.74, 6) is -0.689. The van der Waals surface area contributed by atoms with Crippen molar-refractivity contribution in [3.8, 4) is 0 Å². The van der Waals surface area contributed by atoms with Crippen molar-refractivity contribution in [2.24, 2.45) is 5.92 Å². The predicted molar refractivity (Wildman–Crippen MR) is 79.7 cm³/mol. The van der Waals surface area contributed by atoms with Crippen LogP contribution in [0.15, 0.2) is 18.2 Å². The number of nitrogens with zero attached hydrogens (tertiary/aromatic N) is 1. The number of halogens is 2. The lowest BCUT2D eigenvalue weighted by molar-refractivity contribution is -0.135. The maximum Gasteiger partial charge on any atom is 0.229 e. The number of hydrogen-bond donors (Lipinski definition) is 1. The lowest BCUT2D eigenvalue weighted by Crippen LogP contribution is -2.44. The van der Waals surface area contributed by atoms with Gasteiger partial charge >= 0.3 is 0 Å². The van der Waals surface area contributed by atoms with E-state index in [1.807, 2.05) is 6.92 Å². The van der Waals surface area contributed by atoms with Gasteiger partial charge in [0.05, 0.1) is 19.1 Å². The minimum absolute atomic E-state index is 0.0149. The average molecular weight is 315 g/mol. The number of hydrogen-bond acceptors (Lipinski definition) is 3. The molecule has 0 aromatic heterocycles. The zero-order valence-electron chi connectivity index (χ0n) is 12.2. The van der Waals surface area contributed by atoms with E-state index < -0.39 is 5.82 Å². The fourth-order valence-corrected chi connectivity index (χ4v) is 2.77. The third-order valence-corrected chi connectivity index (χ3v) is 4.05. The molecule has 0 aliphatic carbocycles. The van der Waals surface area contributed by atoms with E-state index in [2.05, 4.69) is 5.32 Å². The van der Waals surface area contributed by atoms with Crippen LogP contribution in [0.5, 0.6) is 0 Å². The smallest absolute Gasteiger partial charge is 0.229 e. The topological polar surface area (TPSA) is 41.6 Å². The van der Waals surface area contributed by atoms with E-state index in [-0.39, 0.29) is 24.4 Å². The summed E-state index contributed by atoms with van der Waals surface area (Å²) in [4.78, 5) is 14.0. The van der Waals surface area contributed by atoms with Crippen LogP contribution in [0.3, 0.4) is 0 Å². The maximum absolute atomic E-state index is 13.8. The molecule has 4 nitrogen and oxygen atoms in total. The van der Waals surface area contributed by atoms with Gasteiger partial charge in [-0.15, -0.1) is 0 Å². The molecular formula is C15H20ClFN2O2. The second kappa shape index (κ2) is 7.20. The summed E-state index contributed by atoms with van der Waals surface area (Å²) in [7, 11) is 1.66. The fraction of sp³-hybridized carbons (Fsp3) is 0.533. The first-order valence-electron chi connectivity index (χ1n) is 7.03. The largest absolute Gasteiger partial charge is 0.379 e. The Hall–Kier alpha value is -1.17. The zero-order chi connectivity index (χ0) is 15.4. The van der Waals surface area contributed by atoms with Crippen LogP contribution in [-0.4, -0.2) is 43.7 Å². The van der Waals surface area contributed by atoms with Crippen LogP contribution in [0, 0.1) is 11.7 Å². The third-order valence-electron chi connectivity index (χ3n) is 3.70. The molecule has 2 atom stereocenters. The minimum atomic E-state index is -0.395. The molecule has 1 saturated heterocycles. The molecule has 2 rings (SSSR count). The van der Waals surface area contributed by atoms with Gasteiger partial charge in [-0.05, 0) is 18.7 Å². The van der Waals surface area contributed by atoms with Gasteiger partial charge in [-0.2, -0.15) is 0 Å². The van der Waals surface area contributed by atoms with Gasteiger partial charge in [-0.1, -0.05) is 24.6 Å². The summed E-state index contributed by atoms with van der Waals surface area (Å²) in [5.41, 5.74) is 0.342. The van der Waals surface area contributed by atoms with Gasteiger partial charge in [0.25, 0.3) is 0 Å². The molecule has 1 aromatic rings. The van der Waals surface area contributed by atoms with Crippen molar-refractivity contribution in [3.63, 3.8) is 0 Å². The first kappa shape index (κ1) is 16.2. The second-order valence-electron chi connectivity index (χ2n) is 5.20. The van der Waals surface area contributed by atoms with Gasteiger partial charge < -0.3 is 15.0 Å². The molecule has 1 fully saturated rings. The SMILES string of the molecule is CCNC1COCC1C(=O)N(C)Cc1c(F)cccc1Cl. The van der Waals surface area contributed by atoms with Crippen LogP contribution in [-0.2, 0) is 16.1 Å². The van der Waals surface area contributed by atoms with Crippen molar-refractivity contribution >= 4 is 17.5 Å². The van der Waals surface area contributed by atoms with Gasteiger partial charge in [0.1, 0.15) is 5.82 Å². The Balaban J connectivity index is 2.06. The molecule has 0 bridgehead atoms. The molecule has 1 heterocycles. The normalized spacial score (nSPS) is 21.5. The van der Waals surface area contributed by atoms with E-state index in [1.54, 1.807) is 19.2 Å². The lowest BCUT2D eigenvalue weighted by atomic mass is 10.0.